The number of primary amides is 1. The fourth-order valence-electron chi connectivity index (χ4n) is 4.58. The highest BCUT2D eigenvalue weighted by Gasteiger charge is 2.51. The second kappa shape index (κ2) is 8.16. The summed E-state index contributed by atoms with van der Waals surface area (Å²) in [6, 6.07) is 1.41. The largest absolute Gasteiger partial charge is 0.417 e. The molecule has 1 saturated carbocycles. The Morgan fingerprint density at radius 3 is 2.55 bits per heavy atom. The van der Waals surface area contributed by atoms with E-state index in [0.717, 1.165) is 42.9 Å². The topological polar surface area (TPSA) is 80.4 Å². The summed E-state index contributed by atoms with van der Waals surface area (Å²) in [5.41, 5.74) is 5.42. The quantitative estimate of drug-likeness (QED) is 0.772. The molecule has 1 fully saturated rings. The van der Waals surface area contributed by atoms with Crippen molar-refractivity contribution in [3.8, 4) is 0 Å². The van der Waals surface area contributed by atoms with Crippen LogP contribution in [-0.2, 0) is 4.79 Å². The van der Waals surface area contributed by atoms with E-state index in [0.29, 0.717) is 18.8 Å². The van der Waals surface area contributed by atoms with Crippen LogP contribution in [0.3, 0.4) is 0 Å². The van der Waals surface area contributed by atoms with Crippen LogP contribution in [-0.4, -0.2) is 35.9 Å². The van der Waals surface area contributed by atoms with Gasteiger partial charge in [-0.2, -0.15) is 13.2 Å². The van der Waals surface area contributed by atoms with E-state index in [4.69, 9.17) is 5.73 Å². The molecular formula is C21H27F3N4O. The van der Waals surface area contributed by atoms with Gasteiger partial charge in [0, 0.05) is 25.2 Å². The summed E-state index contributed by atoms with van der Waals surface area (Å²) in [6.45, 7) is 4.41. The summed E-state index contributed by atoms with van der Waals surface area (Å²) in [5, 5.41) is 3.38. The predicted molar refractivity (Wildman–Crippen MR) is 107 cm³/mol. The minimum absolute atomic E-state index is 0.248. The minimum Gasteiger partial charge on any atom is -0.384 e. The van der Waals surface area contributed by atoms with Crippen LogP contribution in [0.15, 0.2) is 35.1 Å². The van der Waals surface area contributed by atoms with Gasteiger partial charge in [0.2, 0.25) is 5.91 Å². The van der Waals surface area contributed by atoms with Gasteiger partial charge in [0.25, 0.3) is 0 Å². The number of allylic oxidation sites excluding steroid dienone is 1. The molecule has 1 amide bonds. The van der Waals surface area contributed by atoms with Gasteiger partial charge >= 0.3 is 6.18 Å². The summed E-state index contributed by atoms with van der Waals surface area (Å²) in [7, 11) is 0. The SMILES string of the molecule is Cc1cncc(NCC2CCC(C3(C(N)=O)C=C(C(F)(F)F)C=NC3C)CC2)c1. The maximum absolute atomic E-state index is 13.3. The molecule has 2 atom stereocenters. The number of pyridine rings is 1. The van der Waals surface area contributed by atoms with Crippen LogP contribution in [0.4, 0.5) is 18.9 Å². The average molecular weight is 408 g/mol. The number of carbonyl (C=O) groups excluding carboxylic acids is 1. The molecule has 3 N–H and O–H groups in total. The molecule has 1 aromatic rings. The maximum Gasteiger partial charge on any atom is 0.417 e. The van der Waals surface area contributed by atoms with Crippen molar-refractivity contribution in [2.75, 3.05) is 11.9 Å². The molecule has 0 bridgehead atoms. The van der Waals surface area contributed by atoms with Crippen LogP contribution in [0.5, 0.6) is 0 Å². The van der Waals surface area contributed by atoms with E-state index in [2.05, 4.69) is 15.3 Å². The zero-order valence-corrected chi connectivity index (χ0v) is 16.7. The van der Waals surface area contributed by atoms with Crippen molar-refractivity contribution < 1.29 is 18.0 Å². The third-order valence-corrected chi connectivity index (χ3v) is 6.27. The lowest BCUT2D eigenvalue weighted by Gasteiger charge is -2.44. The lowest BCUT2D eigenvalue weighted by atomic mass is 9.62. The second-order valence-corrected chi connectivity index (χ2v) is 8.20. The number of nitrogens with one attached hydrogen (secondary N) is 1. The van der Waals surface area contributed by atoms with Crippen LogP contribution in [0.1, 0.15) is 38.2 Å². The minimum atomic E-state index is -4.55. The summed E-state index contributed by atoms with van der Waals surface area (Å²) >= 11 is 0. The van der Waals surface area contributed by atoms with Gasteiger partial charge in [0.1, 0.15) is 0 Å². The van der Waals surface area contributed by atoms with Crippen LogP contribution in [0, 0.1) is 24.2 Å². The van der Waals surface area contributed by atoms with Crippen molar-refractivity contribution in [2.24, 2.45) is 28.0 Å². The number of halogens is 3. The van der Waals surface area contributed by atoms with E-state index in [1.54, 1.807) is 19.3 Å². The standard InChI is InChI=1S/C21H27F3N4O/c1-13-7-18(12-26-9-13)28-10-15-3-5-16(6-4-15)20(19(25)29)8-17(21(22,23)24)11-27-14(20)2/h7-9,11-12,14-16,28H,3-6,10H2,1-2H3,(H2,25,29). The Labute approximate surface area is 168 Å². The van der Waals surface area contributed by atoms with E-state index in [9.17, 15) is 18.0 Å². The number of amides is 1. The highest BCUT2D eigenvalue weighted by molar-refractivity contribution is 5.90. The van der Waals surface area contributed by atoms with E-state index in [1.165, 1.54) is 0 Å². The third-order valence-electron chi connectivity index (χ3n) is 6.27. The fourth-order valence-corrected chi connectivity index (χ4v) is 4.58. The van der Waals surface area contributed by atoms with Crippen LogP contribution >= 0.6 is 0 Å². The number of carbonyl (C=O) groups is 1. The summed E-state index contributed by atoms with van der Waals surface area (Å²) in [4.78, 5) is 20.6. The number of hydrogen-bond donors (Lipinski definition) is 2. The zero-order chi connectivity index (χ0) is 21.2. The first-order valence-electron chi connectivity index (χ1n) is 9.91. The highest BCUT2D eigenvalue weighted by atomic mass is 19.4. The normalized spacial score (nSPS) is 30.0. The lowest BCUT2D eigenvalue weighted by molar-refractivity contribution is -0.130. The molecule has 5 nitrogen and oxygen atoms in total. The van der Waals surface area contributed by atoms with Crippen molar-refractivity contribution in [3.05, 3.63) is 35.7 Å². The van der Waals surface area contributed by atoms with Crippen molar-refractivity contribution >= 4 is 17.8 Å². The van der Waals surface area contributed by atoms with Crippen molar-refractivity contribution in [1.29, 1.82) is 0 Å². The van der Waals surface area contributed by atoms with Gasteiger partial charge in [-0.25, -0.2) is 0 Å². The number of anilines is 1. The number of aromatic nitrogens is 1. The second-order valence-electron chi connectivity index (χ2n) is 8.20. The molecule has 0 radical (unpaired) electrons. The number of hydrogen-bond acceptors (Lipinski definition) is 4. The van der Waals surface area contributed by atoms with Crippen LogP contribution < -0.4 is 11.1 Å². The molecule has 2 aliphatic rings. The smallest absolute Gasteiger partial charge is 0.384 e. The molecule has 0 aromatic carbocycles. The van der Waals surface area contributed by atoms with Gasteiger partial charge in [-0.05, 0) is 63.0 Å². The Bertz CT molecular complexity index is 812. The van der Waals surface area contributed by atoms with Gasteiger partial charge in [-0.15, -0.1) is 0 Å². The third kappa shape index (κ3) is 4.46. The zero-order valence-electron chi connectivity index (χ0n) is 16.7. The summed E-state index contributed by atoms with van der Waals surface area (Å²) in [6.07, 6.45) is 3.78. The molecule has 0 saturated heterocycles. The summed E-state index contributed by atoms with van der Waals surface area (Å²) in [5.74, 6) is -0.595. The maximum atomic E-state index is 13.3. The number of aryl methyl sites for hydroxylation is 1. The number of alkyl halides is 3. The molecule has 2 unspecified atom stereocenters. The lowest BCUT2D eigenvalue weighted by Crippen LogP contribution is -2.51. The number of nitrogens with two attached hydrogens (primary N) is 1. The first kappa shape index (κ1) is 21.3. The molecule has 29 heavy (non-hydrogen) atoms. The van der Waals surface area contributed by atoms with E-state index in [-0.39, 0.29) is 5.92 Å². The van der Waals surface area contributed by atoms with E-state index < -0.39 is 29.1 Å². The van der Waals surface area contributed by atoms with E-state index >= 15 is 0 Å². The predicted octanol–water partition coefficient (Wildman–Crippen LogP) is 4.04. The first-order valence-corrected chi connectivity index (χ1v) is 9.91. The van der Waals surface area contributed by atoms with Gasteiger partial charge in [0.15, 0.2) is 0 Å². The van der Waals surface area contributed by atoms with Crippen molar-refractivity contribution in [2.45, 2.75) is 51.7 Å². The Hall–Kier alpha value is -2.38. The van der Waals surface area contributed by atoms with Gasteiger partial charge in [-0.1, -0.05) is 6.08 Å². The van der Waals surface area contributed by atoms with E-state index in [1.807, 2.05) is 13.0 Å². The van der Waals surface area contributed by atoms with Crippen molar-refractivity contribution in [1.82, 2.24) is 4.98 Å². The molecule has 3 rings (SSSR count). The van der Waals surface area contributed by atoms with Crippen LogP contribution in [0.2, 0.25) is 0 Å². The number of rotatable bonds is 5. The molecule has 2 heterocycles. The number of aliphatic imine (C=N–C) groups is 1. The Morgan fingerprint density at radius 1 is 1.28 bits per heavy atom. The molecule has 1 aromatic heterocycles. The monoisotopic (exact) mass is 408 g/mol. The van der Waals surface area contributed by atoms with Crippen LogP contribution in [0.25, 0.3) is 0 Å². The Balaban J connectivity index is 1.69. The van der Waals surface area contributed by atoms with Gasteiger partial charge in [-0.3, -0.25) is 14.8 Å². The van der Waals surface area contributed by atoms with Gasteiger partial charge < -0.3 is 11.1 Å². The fraction of sp³-hybridized carbons (Fsp3) is 0.571. The Morgan fingerprint density at radius 2 is 1.97 bits per heavy atom. The van der Waals surface area contributed by atoms with Gasteiger partial charge in [0.05, 0.1) is 22.7 Å². The molecular weight excluding hydrogens is 381 g/mol. The summed E-state index contributed by atoms with van der Waals surface area (Å²) < 4.78 is 39.8. The number of nitrogens with zero attached hydrogens (tertiary/aromatic N) is 2. The first-order chi connectivity index (χ1) is 13.6. The Kier molecular flexibility index (Phi) is 6.00. The average Bonchev–Trinajstić information content (AvgIpc) is 2.66. The molecule has 1 aliphatic heterocycles. The molecule has 1 aliphatic carbocycles. The van der Waals surface area contributed by atoms with Crippen molar-refractivity contribution in [3.63, 3.8) is 0 Å². The number of dihydropyridines is 1. The highest BCUT2D eigenvalue weighted by Crippen LogP contribution is 2.47. The molecule has 158 valence electrons. The molecule has 8 heteroatoms. The molecule has 0 spiro atoms.